The maximum absolute atomic E-state index is 9.47. The van der Waals surface area contributed by atoms with Crippen LogP contribution in [0.2, 0.25) is 0 Å². The predicted octanol–water partition coefficient (Wildman–Crippen LogP) is 4.31. The molecule has 134 valence electrons. The lowest BCUT2D eigenvalue weighted by molar-refractivity contribution is -0.107. The van der Waals surface area contributed by atoms with Crippen LogP contribution in [0.1, 0.15) is 23.3 Å². The fourth-order valence-corrected chi connectivity index (χ4v) is 5.14. The highest BCUT2D eigenvalue weighted by Crippen LogP contribution is 2.44. The first kappa shape index (κ1) is 18.6. The van der Waals surface area contributed by atoms with Gasteiger partial charge in [-0.15, -0.1) is 35.0 Å². The number of nitrogens with zero attached hydrogens (tertiary/aromatic N) is 1. The van der Waals surface area contributed by atoms with E-state index in [1.807, 2.05) is 18.4 Å². The number of hydrogen-bond donors (Lipinski definition) is 2. The summed E-state index contributed by atoms with van der Waals surface area (Å²) in [7, 11) is 2.00. The van der Waals surface area contributed by atoms with Gasteiger partial charge in [-0.1, -0.05) is 12.1 Å². The molecule has 4 nitrogen and oxygen atoms in total. The van der Waals surface area contributed by atoms with E-state index in [1.165, 1.54) is 25.7 Å². The lowest BCUT2D eigenvalue weighted by atomic mass is 10.0. The number of terminal acetylenes is 1. The number of fused-ring (bicyclic) bond motifs is 2. The summed E-state index contributed by atoms with van der Waals surface area (Å²) in [6.07, 6.45) is 7.79. The lowest BCUT2D eigenvalue weighted by Crippen LogP contribution is -2.22. The summed E-state index contributed by atoms with van der Waals surface area (Å²) >= 11 is 3.65. The number of rotatable bonds is 4. The maximum Gasteiger partial charge on any atom is 0.127 e. The summed E-state index contributed by atoms with van der Waals surface area (Å²) in [5.74, 6) is 2.34. The van der Waals surface area contributed by atoms with Crippen LogP contribution in [-0.2, 0) is 17.8 Å². The second-order valence-electron chi connectivity index (χ2n) is 5.78. The number of anilines is 1. The largest absolute Gasteiger partial charge is 0.379 e. The zero-order chi connectivity index (χ0) is 18.4. The molecule has 6 heteroatoms. The summed E-state index contributed by atoms with van der Waals surface area (Å²) in [6.45, 7) is 2.05. The third-order valence-corrected chi connectivity index (χ3v) is 6.37. The van der Waals surface area contributed by atoms with E-state index in [4.69, 9.17) is 11.4 Å². The quantitative estimate of drug-likeness (QED) is 0.400. The van der Waals surface area contributed by atoms with Gasteiger partial charge >= 0.3 is 0 Å². The van der Waals surface area contributed by atoms with Crippen molar-refractivity contribution in [1.29, 1.82) is 0 Å². The molecule has 0 unspecified atom stereocenters. The third kappa shape index (κ3) is 3.96. The first-order valence-corrected chi connectivity index (χ1v) is 10.2. The van der Waals surface area contributed by atoms with Gasteiger partial charge in [0.1, 0.15) is 11.3 Å². The molecule has 0 bridgehead atoms. The van der Waals surface area contributed by atoms with E-state index in [0.717, 1.165) is 36.3 Å². The Bertz CT molecular complexity index is 903. The smallest absolute Gasteiger partial charge is 0.127 e. The zero-order valence-corrected chi connectivity index (χ0v) is 16.3. The number of para-hydroxylation sites is 1. The van der Waals surface area contributed by atoms with Crippen LogP contribution in [-0.4, -0.2) is 24.9 Å². The van der Waals surface area contributed by atoms with Crippen LogP contribution in [0.5, 0.6) is 0 Å². The summed E-state index contributed by atoms with van der Waals surface area (Å²) in [6, 6.07) is 8.37. The molecule has 0 spiro atoms. The Labute approximate surface area is 161 Å². The van der Waals surface area contributed by atoms with Gasteiger partial charge in [-0.2, -0.15) is 0 Å². The molecule has 26 heavy (non-hydrogen) atoms. The van der Waals surface area contributed by atoms with Crippen LogP contribution in [0.15, 0.2) is 24.3 Å². The van der Waals surface area contributed by atoms with Gasteiger partial charge in [-0.3, -0.25) is 0 Å². The fraction of sp³-hybridized carbons (Fsp3) is 0.300. The van der Waals surface area contributed by atoms with Crippen LogP contribution >= 0.6 is 22.7 Å². The van der Waals surface area contributed by atoms with Crippen molar-refractivity contribution < 1.29 is 4.79 Å². The average Bonchev–Trinajstić information content (AvgIpc) is 3.27. The number of benzene rings is 1. The first-order valence-electron chi connectivity index (χ1n) is 8.54. The Kier molecular flexibility index (Phi) is 6.40. The van der Waals surface area contributed by atoms with Gasteiger partial charge in [0.15, 0.2) is 0 Å². The van der Waals surface area contributed by atoms with Crippen molar-refractivity contribution in [3.05, 3.63) is 34.7 Å². The van der Waals surface area contributed by atoms with E-state index < -0.39 is 0 Å². The number of nitrogens with one attached hydrogen (secondary N) is 2. The molecular weight excluding hydrogens is 362 g/mol. The number of thiophene rings is 1. The molecule has 0 saturated carbocycles. The molecule has 0 amide bonds. The van der Waals surface area contributed by atoms with E-state index in [1.54, 1.807) is 11.3 Å². The SMILES string of the molecule is C#CCCC=O.CNc1sc2c(c1-c1nc3ccccc3s1)CCNC2. The van der Waals surface area contributed by atoms with Crippen LogP contribution in [0, 0.1) is 12.3 Å². The number of aldehydes is 1. The Morgan fingerprint density at radius 1 is 1.38 bits per heavy atom. The fourth-order valence-electron chi connectivity index (χ4n) is 2.86. The van der Waals surface area contributed by atoms with Crippen molar-refractivity contribution >= 4 is 44.2 Å². The second kappa shape index (κ2) is 8.95. The van der Waals surface area contributed by atoms with E-state index >= 15 is 0 Å². The average molecular weight is 384 g/mol. The molecule has 3 aromatic rings. The van der Waals surface area contributed by atoms with Crippen LogP contribution in [0.4, 0.5) is 5.00 Å². The summed E-state index contributed by atoms with van der Waals surface area (Å²) in [5.41, 5.74) is 3.91. The van der Waals surface area contributed by atoms with E-state index in [-0.39, 0.29) is 0 Å². The number of carbonyl (C=O) groups is 1. The molecule has 0 fully saturated rings. The maximum atomic E-state index is 9.47. The second-order valence-corrected chi connectivity index (χ2v) is 7.92. The molecule has 0 radical (unpaired) electrons. The van der Waals surface area contributed by atoms with Gasteiger partial charge < -0.3 is 15.4 Å². The van der Waals surface area contributed by atoms with Crippen molar-refractivity contribution in [3.8, 4) is 22.9 Å². The number of unbranched alkanes of at least 4 members (excludes halogenated alkanes) is 1. The van der Waals surface area contributed by atoms with Gasteiger partial charge in [-0.05, 0) is 30.7 Å². The van der Waals surface area contributed by atoms with Crippen LogP contribution < -0.4 is 10.6 Å². The minimum Gasteiger partial charge on any atom is -0.379 e. The lowest BCUT2D eigenvalue weighted by Gasteiger charge is -2.13. The molecule has 2 aromatic heterocycles. The van der Waals surface area contributed by atoms with Crippen molar-refractivity contribution in [2.75, 3.05) is 18.9 Å². The molecule has 0 saturated heterocycles. The highest BCUT2D eigenvalue weighted by atomic mass is 32.1. The molecule has 3 heterocycles. The third-order valence-electron chi connectivity index (χ3n) is 4.07. The minimum absolute atomic E-state index is 0.497. The van der Waals surface area contributed by atoms with E-state index in [2.05, 4.69) is 40.8 Å². The Morgan fingerprint density at radius 3 is 2.92 bits per heavy atom. The summed E-state index contributed by atoms with van der Waals surface area (Å²) in [5, 5.41) is 9.20. The topological polar surface area (TPSA) is 54.0 Å². The van der Waals surface area contributed by atoms with Crippen molar-refractivity contribution in [1.82, 2.24) is 10.3 Å². The van der Waals surface area contributed by atoms with Crippen LogP contribution in [0.25, 0.3) is 20.8 Å². The highest BCUT2D eigenvalue weighted by molar-refractivity contribution is 7.22. The standard InChI is InChI=1S/C15H15N3S2.C5H6O/c1-16-14-13(9-6-7-17-8-12(9)20-14)15-18-10-4-2-3-5-11(10)19-15;1-2-3-4-5-6/h2-5,16-17H,6-8H2,1H3;1,5H,3-4H2. The Morgan fingerprint density at radius 2 is 2.23 bits per heavy atom. The minimum atomic E-state index is 0.497. The molecule has 1 aliphatic heterocycles. The van der Waals surface area contributed by atoms with Gasteiger partial charge in [0.2, 0.25) is 0 Å². The first-order chi connectivity index (χ1) is 12.8. The van der Waals surface area contributed by atoms with Crippen molar-refractivity contribution in [2.24, 2.45) is 0 Å². The van der Waals surface area contributed by atoms with Gasteiger partial charge in [0, 0.05) is 36.9 Å². The number of aromatic nitrogens is 1. The Balaban J connectivity index is 0.000000286. The zero-order valence-electron chi connectivity index (χ0n) is 14.7. The Hall–Kier alpha value is -2.20. The molecule has 1 aromatic carbocycles. The summed E-state index contributed by atoms with van der Waals surface area (Å²) in [4.78, 5) is 15.8. The summed E-state index contributed by atoms with van der Waals surface area (Å²) < 4.78 is 1.26. The van der Waals surface area contributed by atoms with Gasteiger partial charge in [-0.25, -0.2) is 4.98 Å². The predicted molar refractivity (Wildman–Crippen MR) is 112 cm³/mol. The molecule has 0 atom stereocenters. The molecule has 4 rings (SSSR count). The van der Waals surface area contributed by atoms with Gasteiger partial charge in [0.25, 0.3) is 0 Å². The molecule has 0 aliphatic carbocycles. The van der Waals surface area contributed by atoms with E-state index in [0.29, 0.717) is 12.8 Å². The van der Waals surface area contributed by atoms with E-state index in [9.17, 15) is 4.79 Å². The van der Waals surface area contributed by atoms with Crippen molar-refractivity contribution in [3.63, 3.8) is 0 Å². The molecular formula is C20H21N3OS2. The number of thiazole rings is 1. The number of carbonyl (C=O) groups excluding carboxylic acids is 1. The normalized spacial score (nSPS) is 12.6. The number of hydrogen-bond acceptors (Lipinski definition) is 6. The molecule has 1 aliphatic rings. The molecule has 2 N–H and O–H groups in total. The monoisotopic (exact) mass is 383 g/mol. The van der Waals surface area contributed by atoms with Crippen molar-refractivity contribution in [2.45, 2.75) is 25.8 Å². The highest BCUT2D eigenvalue weighted by Gasteiger charge is 2.23. The van der Waals surface area contributed by atoms with Gasteiger partial charge in [0.05, 0.1) is 15.2 Å². The van der Waals surface area contributed by atoms with Crippen LogP contribution in [0.3, 0.4) is 0 Å².